The molecule has 0 radical (unpaired) electrons. The Morgan fingerprint density at radius 1 is 1.30 bits per heavy atom. The van der Waals surface area contributed by atoms with Crippen LogP contribution in [0, 0.1) is 5.41 Å². The second-order valence-electron chi connectivity index (χ2n) is 8.85. The zero-order chi connectivity index (χ0) is 19.4. The molecular formula is C17H28N8O2. The molecular weight excluding hydrogens is 348 g/mol. The number of nitrogens with two attached hydrogens (primary N) is 2. The third kappa shape index (κ3) is 3.17. The SMILES string of the molecule is CC1=NONC1CN(N)c1nc(C(C)(C)C)nc(N2CC3(COC3)C2)c1N. The third-order valence-corrected chi connectivity index (χ3v) is 5.29. The zero-order valence-electron chi connectivity index (χ0n) is 16.3. The van der Waals surface area contributed by atoms with Crippen LogP contribution >= 0.6 is 0 Å². The van der Waals surface area contributed by atoms with E-state index in [-0.39, 0.29) is 16.9 Å². The predicted octanol–water partition coefficient (Wildman–Crippen LogP) is 0.152. The van der Waals surface area contributed by atoms with E-state index in [4.69, 9.17) is 26.2 Å². The number of hydrogen-bond donors (Lipinski definition) is 3. The Bertz CT molecular complexity index is 763. The number of nitrogen functional groups attached to an aromatic ring is 1. The van der Waals surface area contributed by atoms with Crippen LogP contribution in [-0.2, 0) is 15.1 Å². The Morgan fingerprint density at radius 3 is 2.52 bits per heavy atom. The summed E-state index contributed by atoms with van der Waals surface area (Å²) >= 11 is 0. The molecule has 3 aliphatic heterocycles. The number of anilines is 3. The van der Waals surface area contributed by atoms with E-state index in [9.17, 15) is 0 Å². The van der Waals surface area contributed by atoms with Crippen molar-refractivity contribution in [1.82, 2.24) is 15.4 Å². The molecule has 27 heavy (non-hydrogen) atoms. The van der Waals surface area contributed by atoms with Crippen molar-refractivity contribution >= 4 is 23.0 Å². The largest absolute Gasteiger partial charge is 0.393 e. The van der Waals surface area contributed by atoms with Gasteiger partial charge in [0.05, 0.1) is 30.9 Å². The maximum atomic E-state index is 6.46. The van der Waals surface area contributed by atoms with Crippen LogP contribution in [0.15, 0.2) is 5.16 Å². The number of hydrogen-bond acceptors (Lipinski definition) is 10. The molecule has 0 aromatic carbocycles. The number of hydroxylamine groups is 1. The van der Waals surface area contributed by atoms with Crippen LogP contribution in [0.2, 0.25) is 0 Å². The van der Waals surface area contributed by atoms with Gasteiger partial charge in [0.2, 0.25) is 0 Å². The molecule has 0 saturated carbocycles. The van der Waals surface area contributed by atoms with Crippen LogP contribution in [0.4, 0.5) is 17.3 Å². The summed E-state index contributed by atoms with van der Waals surface area (Å²) in [6.45, 7) is 11.9. The van der Waals surface area contributed by atoms with E-state index >= 15 is 0 Å². The first-order valence-corrected chi connectivity index (χ1v) is 9.17. The Kier molecular flexibility index (Phi) is 4.17. The van der Waals surface area contributed by atoms with E-state index in [2.05, 4.69) is 41.3 Å². The minimum Gasteiger partial charge on any atom is -0.393 e. The van der Waals surface area contributed by atoms with Crippen molar-refractivity contribution in [2.24, 2.45) is 16.4 Å². The number of rotatable bonds is 4. The predicted molar refractivity (Wildman–Crippen MR) is 103 cm³/mol. The fourth-order valence-electron chi connectivity index (χ4n) is 3.49. The summed E-state index contributed by atoms with van der Waals surface area (Å²) in [6.07, 6.45) is 0. The maximum Gasteiger partial charge on any atom is 0.171 e. The molecule has 1 atom stereocenters. The van der Waals surface area contributed by atoms with Gasteiger partial charge >= 0.3 is 0 Å². The standard InChI is InChI=1S/C17H28N8O2/c1-10-11(23-27-22-10)5-25(19)14-12(18)13(20-15(21-14)16(2,3)4)24-6-17(7-24)8-26-9-17/h11,23H,5-9,18-19H2,1-4H3. The lowest BCUT2D eigenvalue weighted by atomic mass is 9.78. The van der Waals surface area contributed by atoms with Crippen LogP contribution < -0.4 is 27.0 Å². The van der Waals surface area contributed by atoms with E-state index in [0.717, 1.165) is 37.8 Å². The lowest BCUT2D eigenvalue weighted by Crippen LogP contribution is -2.66. The second-order valence-corrected chi connectivity index (χ2v) is 8.85. The van der Waals surface area contributed by atoms with Gasteiger partial charge in [-0.2, -0.15) is 0 Å². The number of hydrazine groups is 1. The highest BCUT2D eigenvalue weighted by atomic mass is 16.8. The van der Waals surface area contributed by atoms with Crippen LogP contribution in [0.5, 0.6) is 0 Å². The van der Waals surface area contributed by atoms with E-state index in [1.54, 1.807) is 5.01 Å². The normalized spacial score (nSPS) is 23.5. The second kappa shape index (κ2) is 6.18. The lowest BCUT2D eigenvalue weighted by Gasteiger charge is -2.55. The Hall–Kier alpha value is -2.17. The molecule has 2 fully saturated rings. The van der Waals surface area contributed by atoms with E-state index in [1.165, 1.54) is 0 Å². The molecule has 1 aromatic rings. The van der Waals surface area contributed by atoms with E-state index < -0.39 is 0 Å². The summed E-state index contributed by atoms with van der Waals surface area (Å²) in [5.41, 5.74) is 10.6. The Balaban J connectivity index is 1.63. The van der Waals surface area contributed by atoms with E-state index in [1.807, 2.05) is 6.92 Å². The maximum absolute atomic E-state index is 6.46. The molecule has 10 nitrogen and oxygen atoms in total. The number of aromatic nitrogens is 2. The fraction of sp³-hybridized carbons (Fsp3) is 0.706. The van der Waals surface area contributed by atoms with Crippen LogP contribution in [0.25, 0.3) is 0 Å². The van der Waals surface area contributed by atoms with Crippen LogP contribution in [0.3, 0.4) is 0 Å². The summed E-state index contributed by atoms with van der Waals surface area (Å²) in [4.78, 5) is 16.6. The summed E-state index contributed by atoms with van der Waals surface area (Å²) in [5, 5.41) is 5.43. The summed E-state index contributed by atoms with van der Waals surface area (Å²) in [5.74, 6) is 8.33. The molecule has 1 aromatic heterocycles. The molecule has 10 heteroatoms. The molecule has 4 heterocycles. The van der Waals surface area contributed by atoms with Gasteiger partial charge in [-0.1, -0.05) is 25.9 Å². The first kappa shape index (κ1) is 18.2. The quantitative estimate of drug-likeness (QED) is 0.497. The van der Waals surface area contributed by atoms with Crippen molar-refractivity contribution in [2.45, 2.75) is 39.2 Å². The molecule has 1 spiro atoms. The van der Waals surface area contributed by atoms with Crippen LogP contribution in [-0.4, -0.2) is 54.6 Å². The molecule has 0 aliphatic carbocycles. The number of ether oxygens (including phenoxy) is 1. The summed E-state index contributed by atoms with van der Waals surface area (Å²) in [6, 6.07) is -0.120. The molecule has 0 bridgehead atoms. The Morgan fingerprint density at radius 2 is 2.00 bits per heavy atom. The zero-order valence-corrected chi connectivity index (χ0v) is 16.3. The molecule has 3 aliphatic rings. The van der Waals surface area contributed by atoms with Crippen LogP contribution in [0.1, 0.15) is 33.5 Å². The minimum atomic E-state index is -0.230. The summed E-state index contributed by atoms with van der Waals surface area (Å²) < 4.78 is 5.37. The lowest BCUT2D eigenvalue weighted by molar-refractivity contribution is -0.127. The van der Waals surface area contributed by atoms with Crippen molar-refractivity contribution in [3.63, 3.8) is 0 Å². The number of nitrogens with zero attached hydrogens (tertiary/aromatic N) is 5. The van der Waals surface area contributed by atoms with Crippen molar-refractivity contribution in [2.75, 3.05) is 48.5 Å². The highest BCUT2D eigenvalue weighted by Crippen LogP contribution is 2.43. The van der Waals surface area contributed by atoms with Gasteiger partial charge in [-0.15, -0.1) is 5.48 Å². The molecule has 4 rings (SSSR count). The van der Waals surface area contributed by atoms with Gasteiger partial charge in [0.1, 0.15) is 17.6 Å². The van der Waals surface area contributed by atoms with Crippen molar-refractivity contribution in [3.05, 3.63) is 5.82 Å². The van der Waals surface area contributed by atoms with Gasteiger partial charge in [0.15, 0.2) is 11.6 Å². The Labute approximate surface area is 158 Å². The van der Waals surface area contributed by atoms with Gasteiger partial charge in [-0.3, -0.25) is 9.95 Å². The molecule has 5 N–H and O–H groups in total. The van der Waals surface area contributed by atoms with Crippen molar-refractivity contribution in [1.29, 1.82) is 0 Å². The summed E-state index contributed by atoms with van der Waals surface area (Å²) in [7, 11) is 0. The molecule has 0 amide bonds. The molecule has 2 saturated heterocycles. The first-order chi connectivity index (χ1) is 12.7. The highest BCUT2D eigenvalue weighted by Gasteiger charge is 2.50. The van der Waals surface area contributed by atoms with E-state index in [0.29, 0.717) is 23.9 Å². The highest BCUT2D eigenvalue weighted by molar-refractivity contribution is 5.88. The van der Waals surface area contributed by atoms with Crippen molar-refractivity contribution in [3.8, 4) is 0 Å². The van der Waals surface area contributed by atoms with Gasteiger partial charge in [0.25, 0.3) is 0 Å². The first-order valence-electron chi connectivity index (χ1n) is 9.17. The van der Waals surface area contributed by atoms with Gasteiger partial charge in [-0.25, -0.2) is 15.8 Å². The average molecular weight is 376 g/mol. The van der Waals surface area contributed by atoms with Gasteiger partial charge in [0, 0.05) is 18.5 Å². The minimum absolute atomic E-state index is 0.120. The monoisotopic (exact) mass is 376 g/mol. The van der Waals surface area contributed by atoms with Crippen molar-refractivity contribution < 1.29 is 9.68 Å². The third-order valence-electron chi connectivity index (χ3n) is 5.29. The fourth-order valence-corrected chi connectivity index (χ4v) is 3.49. The number of nitrogens with one attached hydrogen (secondary N) is 1. The van der Waals surface area contributed by atoms with Gasteiger partial charge in [-0.05, 0) is 6.92 Å². The average Bonchev–Trinajstić information content (AvgIpc) is 2.89. The molecule has 1 unspecified atom stereocenters. The van der Waals surface area contributed by atoms with Gasteiger partial charge < -0.3 is 15.4 Å². The smallest absolute Gasteiger partial charge is 0.171 e. The topological polar surface area (TPSA) is 127 Å². The number of oxime groups is 1. The molecule has 148 valence electrons.